The normalized spacial score (nSPS) is 17.3. The molecule has 1 aromatic carbocycles. The van der Waals surface area contributed by atoms with Crippen molar-refractivity contribution in [1.82, 2.24) is 0 Å². The molecular weight excluding hydrogens is 282 g/mol. The Kier molecular flexibility index (Phi) is 3.81. The Morgan fingerprint density at radius 3 is 2.36 bits per heavy atom. The topological polar surface area (TPSA) is 78.5 Å². The van der Waals surface area contributed by atoms with Gasteiger partial charge in [-0.15, -0.1) is 0 Å². The van der Waals surface area contributed by atoms with Crippen LogP contribution in [0.3, 0.4) is 0 Å². The SMILES string of the molecule is [2H]OC(=O)C([2H])(C(=O)O)C(/C([2H])=C/c1ccccc1)[n+]1ccccc1. The molecule has 2 rings (SSSR count). The minimum Gasteiger partial charge on any atom is -0.480 e. The van der Waals surface area contributed by atoms with E-state index in [1.165, 1.54) is 23.0 Å². The number of pyridine rings is 1. The summed E-state index contributed by atoms with van der Waals surface area (Å²) in [4.78, 5) is 23.6. The van der Waals surface area contributed by atoms with Crippen molar-refractivity contribution in [2.45, 2.75) is 6.04 Å². The maximum Gasteiger partial charge on any atom is 0.325 e. The van der Waals surface area contributed by atoms with Crippen LogP contribution < -0.4 is 4.57 Å². The zero-order valence-corrected chi connectivity index (χ0v) is 11.5. The second-order valence-electron chi connectivity index (χ2n) is 4.45. The predicted octanol–water partition coefficient (Wildman–Crippen LogP) is 2.01. The van der Waals surface area contributed by atoms with E-state index in [2.05, 4.69) is 5.11 Å². The summed E-state index contributed by atoms with van der Waals surface area (Å²) in [6.45, 7) is 0. The van der Waals surface area contributed by atoms with Crippen molar-refractivity contribution in [1.29, 1.82) is 1.43 Å². The molecule has 0 bridgehead atoms. The van der Waals surface area contributed by atoms with Gasteiger partial charge in [-0.25, -0.2) is 0 Å². The average molecular weight is 301 g/mol. The fourth-order valence-electron chi connectivity index (χ4n) is 1.94. The van der Waals surface area contributed by atoms with Gasteiger partial charge in [0.05, 0.1) is 2.74 Å². The van der Waals surface area contributed by atoms with Gasteiger partial charge in [0.15, 0.2) is 12.4 Å². The Bertz CT molecular complexity index is 783. The molecule has 0 saturated heterocycles. The van der Waals surface area contributed by atoms with Crippen molar-refractivity contribution in [2.75, 3.05) is 0 Å². The van der Waals surface area contributed by atoms with Gasteiger partial charge in [-0.05, 0) is 11.6 Å². The number of aliphatic carboxylic acids is 2. The summed E-state index contributed by atoms with van der Waals surface area (Å²) < 4.78 is 24.5. The Morgan fingerprint density at radius 2 is 1.77 bits per heavy atom. The molecule has 0 aliphatic rings. The highest BCUT2D eigenvalue weighted by Crippen LogP contribution is 2.17. The minimum absolute atomic E-state index is 0.287. The highest BCUT2D eigenvalue weighted by molar-refractivity contribution is 5.93. The number of rotatable bonds is 6. The van der Waals surface area contributed by atoms with Gasteiger partial charge in [0.25, 0.3) is 1.43 Å². The number of carboxylic acid groups (broad SMARTS) is 2. The first-order chi connectivity index (χ1) is 11.9. The number of aromatic nitrogens is 1. The monoisotopic (exact) mass is 301 g/mol. The standard InChI is InChI=1S/C17H15NO4/c19-16(20)15(17(21)22)14(18-11-5-2-6-12-18)10-9-13-7-3-1-4-8-13/h1-12,14-15H,(H-,19,20,21,22)/p+1/b10-9+/i10D,15D/hD. The van der Waals surface area contributed by atoms with Crippen molar-refractivity contribution in [3.63, 3.8) is 0 Å². The van der Waals surface area contributed by atoms with Crippen LogP contribution in [0.15, 0.2) is 67.0 Å². The van der Waals surface area contributed by atoms with Crippen molar-refractivity contribution in [2.24, 2.45) is 5.89 Å². The molecule has 0 aliphatic carbocycles. The van der Waals surface area contributed by atoms with E-state index in [4.69, 9.17) is 4.17 Å². The Labute approximate surface area is 132 Å². The molecule has 22 heavy (non-hydrogen) atoms. The van der Waals surface area contributed by atoms with Gasteiger partial charge in [-0.2, -0.15) is 4.57 Å². The number of benzene rings is 1. The lowest BCUT2D eigenvalue weighted by atomic mass is 9.98. The van der Waals surface area contributed by atoms with E-state index in [1.807, 2.05) is 0 Å². The lowest BCUT2D eigenvalue weighted by molar-refractivity contribution is -0.715. The predicted molar refractivity (Wildman–Crippen MR) is 79.9 cm³/mol. The Balaban J connectivity index is 2.63. The lowest BCUT2D eigenvalue weighted by Gasteiger charge is -2.13. The van der Waals surface area contributed by atoms with Crippen LogP contribution in [0.25, 0.3) is 7.51 Å². The molecule has 0 aliphatic heterocycles. The van der Waals surface area contributed by atoms with E-state index < -0.39 is 23.9 Å². The summed E-state index contributed by atoms with van der Waals surface area (Å²) in [5.74, 6) is -6.28. The second-order valence-corrected chi connectivity index (χ2v) is 4.45. The zero-order valence-electron chi connectivity index (χ0n) is 14.5. The van der Waals surface area contributed by atoms with Crippen molar-refractivity contribution in [3.05, 3.63) is 72.5 Å². The van der Waals surface area contributed by atoms with Crippen LogP contribution in [-0.2, 0) is 9.59 Å². The molecule has 2 aromatic rings. The van der Waals surface area contributed by atoms with Crippen LogP contribution in [-0.4, -0.2) is 22.2 Å². The first kappa shape index (κ1) is 11.7. The van der Waals surface area contributed by atoms with Gasteiger partial charge in [0.2, 0.25) is 11.9 Å². The van der Waals surface area contributed by atoms with E-state index >= 15 is 0 Å². The smallest absolute Gasteiger partial charge is 0.325 e. The summed E-state index contributed by atoms with van der Waals surface area (Å²) in [5.41, 5.74) is 0.612. The molecular formula is C17H16NO4+. The fourth-order valence-corrected chi connectivity index (χ4v) is 1.94. The Hall–Kier alpha value is -2.95. The third-order valence-electron chi connectivity index (χ3n) is 2.97. The van der Waals surface area contributed by atoms with E-state index in [9.17, 15) is 14.7 Å². The van der Waals surface area contributed by atoms with Gasteiger partial charge >= 0.3 is 11.9 Å². The summed E-state index contributed by atoms with van der Waals surface area (Å²) in [5, 5.41) is 13.3. The molecule has 0 radical (unpaired) electrons. The number of carbonyl (C=O) groups is 2. The van der Waals surface area contributed by atoms with Crippen LogP contribution >= 0.6 is 0 Å². The third-order valence-corrected chi connectivity index (χ3v) is 2.97. The quantitative estimate of drug-likeness (QED) is 0.632. The van der Waals surface area contributed by atoms with Crippen molar-refractivity contribution in [3.8, 4) is 0 Å². The maximum absolute atomic E-state index is 11.9. The van der Waals surface area contributed by atoms with Crippen LogP contribution in [0.5, 0.6) is 0 Å². The van der Waals surface area contributed by atoms with Crippen LogP contribution in [0.1, 0.15) is 14.3 Å². The van der Waals surface area contributed by atoms with Gasteiger partial charge in [-0.1, -0.05) is 42.5 Å². The summed E-state index contributed by atoms with van der Waals surface area (Å²) >= 11 is 0. The fraction of sp³-hybridized carbons (Fsp3) is 0.118. The zero-order chi connectivity index (χ0) is 18.4. The number of hydrogen-bond acceptors (Lipinski definition) is 3. The molecule has 1 heterocycles. The average Bonchev–Trinajstić information content (AvgIpc) is 2.62. The number of allylic oxidation sites excluding steroid dienone is 1. The van der Waals surface area contributed by atoms with E-state index in [0.717, 1.165) is 0 Å². The first-order valence-corrected chi connectivity index (χ1v) is 6.51. The van der Waals surface area contributed by atoms with Crippen LogP contribution in [0.4, 0.5) is 0 Å². The third kappa shape index (κ3) is 3.79. The highest BCUT2D eigenvalue weighted by Gasteiger charge is 2.39. The van der Waals surface area contributed by atoms with E-state index in [-0.39, 0.29) is 6.05 Å². The maximum atomic E-state index is 11.9. The molecule has 2 atom stereocenters. The molecule has 2 N–H and O–H groups in total. The molecule has 0 amide bonds. The molecule has 1 aromatic heterocycles. The van der Waals surface area contributed by atoms with Crippen molar-refractivity contribution >= 4 is 18.0 Å². The van der Waals surface area contributed by atoms with Gasteiger partial charge < -0.3 is 10.2 Å². The molecule has 112 valence electrons. The largest absolute Gasteiger partial charge is 0.480 e. The summed E-state index contributed by atoms with van der Waals surface area (Å²) in [6.07, 6.45) is 4.26. The molecule has 0 spiro atoms. The minimum atomic E-state index is -2.89. The van der Waals surface area contributed by atoms with Gasteiger partial charge in [-0.3, -0.25) is 9.59 Å². The number of nitrogens with zero attached hydrogens (tertiary/aromatic N) is 1. The molecule has 2 unspecified atom stereocenters. The Morgan fingerprint density at radius 1 is 1.14 bits per heavy atom. The van der Waals surface area contributed by atoms with Gasteiger partial charge in [0, 0.05) is 12.1 Å². The highest BCUT2D eigenvalue weighted by atomic mass is 16.4. The van der Waals surface area contributed by atoms with Gasteiger partial charge in [0.1, 0.15) is 0 Å². The van der Waals surface area contributed by atoms with Crippen LogP contribution in [0.2, 0.25) is 0 Å². The summed E-state index contributed by atoms with van der Waals surface area (Å²) in [6, 6.07) is 11.7. The molecule has 0 saturated carbocycles. The summed E-state index contributed by atoms with van der Waals surface area (Å²) in [7, 11) is 0. The van der Waals surface area contributed by atoms with E-state index in [0.29, 0.717) is 5.56 Å². The van der Waals surface area contributed by atoms with E-state index in [1.54, 1.807) is 48.5 Å². The number of hydrogen-bond donors (Lipinski definition) is 2. The second kappa shape index (κ2) is 7.17. The lowest BCUT2D eigenvalue weighted by Crippen LogP contribution is -2.47. The first-order valence-electron chi connectivity index (χ1n) is 7.92. The molecule has 5 nitrogen and oxygen atoms in total. The number of carboxylic acids is 2. The van der Waals surface area contributed by atoms with Crippen LogP contribution in [0, 0.1) is 5.89 Å². The molecule has 5 heteroatoms. The molecule has 0 fully saturated rings. The van der Waals surface area contributed by atoms with Crippen molar-refractivity contribution < 1.29 is 27.1 Å².